The van der Waals surface area contributed by atoms with Crippen molar-refractivity contribution in [2.24, 2.45) is 0 Å². The van der Waals surface area contributed by atoms with Crippen molar-refractivity contribution in [1.82, 2.24) is 10.6 Å². The topological polar surface area (TPSA) is 70.6 Å². The molecular formula is C17H22N2O3S. The molecule has 2 rings (SSSR count). The predicted molar refractivity (Wildman–Crippen MR) is 91.8 cm³/mol. The molecule has 3 N–H and O–H groups in total. The van der Waals surface area contributed by atoms with Gasteiger partial charge in [-0.15, -0.1) is 0 Å². The molecule has 0 unspecified atom stereocenters. The molecule has 2 aromatic rings. The highest BCUT2D eigenvalue weighted by molar-refractivity contribution is 7.07. The van der Waals surface area contributed by atoms with Crippen molar-refractivity contribution in [2.75, 3.05) is 13.7 Å². The third-order valence-corrected chi connectivity index (χ3v) is 4.31. The average molecular weight is 334 g/mol. The number of carbonyl (C=O) groups is 1. The second kappa shape index (κ2) is 8.55. The molecule has 0 radical (unpaired) electrons. The fourth-order valence-corrected chi connectivity index (χ4v) is 3.04. The van der Waals surface area contributed by atoms with Crippen molar-refractivity contribution in [3.8, 4) is 5.75 Å². The Morgan fingerprint density at radius 1 is 1.35 bits per heavy atom. The number of benzene rings is 1. The molecule has 0 spiro atoms. The lowest BCUT2D eigenvalue weighted by molar-refractivity contribution is 0.173. The van der Waals surface area contributed by atoms with E-state index in [4.69, 9.17) is 4.74 Å². The number of hydrogen-bond acceptors (Lipinski definition) is 4. The van der Waals surface area contributed by atoms with Gasteiger partial charge in [0.25, 0.3) is 0 Å². The number of amides is 2. The van der Waals surface area contributed by atoms with Crippen LogP contribution < -0.4 is 15.4 Å². The Hall–Kier alpha value is -2.05. The first-order valence-electron chi connectivity index (χ1n) is 7.53. The van der Waals surface area contributed by atoms with Gasteiger partial charge in [-0.05, 0) is 34.9 Å². The monoisotopic (exact) mass is 334 g/mol. The van der Waals surface area contributed by atoms with E-state index in [-0.39, 0.29) is 18.6 Å². The maximum Gasteiger partial charge on any atom is 0.315 e. The molecule has 1 aromatic heterocycles. The van der Waals surface area contributed by atoms with E-state index in [1.54, 1.807) is 7.11 Å². The molecule has 2 amide bonds. The molecule has 0 aliphatic carbocycles. The van der Waals surface area contributed by atoms with E-state index in [0.29, 0.717) is 0 Å². The highest BCUT2D eigenvalue weighted by atomic mass is 32.1. The van der Waals surface area contributed by atoms with Crippen LogP contribution in [0, 0.1) is 0 Å². The Morgan fingerprint density at radius 3 is 2.78 bits per heavy atom. The van der Waals surface area contributed by atoms with Crippen molar-refractivity contribution in [3.63, 3.8) is 0 Å². The van der Waals surface area contributed by atoms with Crippen LogP contribution in [0.25, 0.3) is 0 Å². The number of urea groups is 1. The molecule has 5 nitrogen and oxygen atoms in total. The molecule has 0 bridgehead atoms. The molecule has 0 saturated carbocycles. The molecule has 124 valence electrons. The van der Waals surface area contributed by atoms with Gasteiger partial charge in [-0.1, -0.05) is 25.1 Å². The van der Waals surface area contributed by atoms with E-state index in [1.165, 1.54) is 11.3 Å². The van der Waals surface area contributed by atoms with Gasteiger partial charge in [-0.3, -0.25) is 0 Å². The molecule has 0 aliphatic rings. The number of ether oxygens (including phenoxy) is 1. The van der Waals surface area contributed by atoms with Crippen molar-refractivity contribution >= 4 is 17.4 Å². The lowest BCUT2D eigenvalue weighted by Gasteiger charge is -2.20. The fourth-order valence-electron chi connectivity index (χ4n) is 2.34. The van der Waals surface area contributed by atoms with Crippen LogP contribution in [-0.4, -0.2) is 24.8 Å². The van der Waals surface area contributed by atoms with Crippen LogP contribution in [0.5, 0.6) is 5.75 Å². The molecule has 1 heterocycles. The smallest absolute Gasteiger partial charge is 0.315 e. The average Bonchev–Trinajstić information content (AvgIpc) is 3.12. The summed E-state index contributed by atoms with van der Waals surface area (Å²) in [6.07, 6.45) is 0.0410. The van der Waals surface area contributed by atoms with Crippen LogP contribution in [-0.2, 0) is 0 Å². The van der Waals surface area contributed by atoms with Crippen LogP contribution in [0.1, 0.15) is 36.6 Å². The summed E-state index contributed by atoms with van der Waals surface area (Å²) in [6, 6.07) is 9.01. The summed E-state index contributed by atoms with van der Waals surface area (Å²) < 4.78 is 5.35. The van der Waals surface area contributed by atoms with Gasteiger partial charge in [0.1, 0.15) is 5.75 Å². The fraction of sp³-hybridized carbons (Fsp3) is 0.353. The van der Waals surface area contributed by atoms with Crippen LogP contribution in [0.15, 0.2) is 41.1 Å². The largest absolute Gasteiger partial charge is 0.496 e. The van der Waals surface area contributed by atoms with E-state index in [0.717, 1.165) is 23.3 Å². The SMILES string of the molecule is CC[C@@H](NC(=O)NC[C@@H](O)c1ccsc1)c1ccccc1OC. The van der Waals surface area contributed by atoms with Gasteiger partial charge in [0.2, 0.25) is 0 Å². The van der Waals surface area contributed by atoms with Gasteiger partial charge in [-0.2, -0.15) is 11.3 Å². The number of methoxy groups -OCH3 is 1. The molecule has 0 fully saturated rings. The first-order valence-corrected chi connectivity index (χ1v) is 8.47. The number of thiophene rings is 1. The minimum Gasteiger partial charge on any atom is -0.496 e. The second-order valence-corrected chi connectivity index (χ2v) is 5.91. The lowest BCUT2D eigenvalue weighted by atomic mass is 10.0. The summed E-state index contributed by atoms with van der Waals surface area (Å²) in [5.74, 6) is 0.748. The highest BCUT2D eigenvalue weighted by Gasteiger charge is 2.17. The number of aliphatic hydroxyl groups excluding tert-OH is 1. The molecule has 2 atom stereocenters. The summed E-state index contributed by atoms with van der Waals surface area (Å²) in [6.45, 7) is 2.17. The Morgan fingerprint density at radius 2 is 2.13 bits per heavy atom. The molecule has 1 aromatic carbocycles. The zero-order valence-electron chi connectivity index (χ0n) is 13.3. The quantitative estimate of drug-likeness (QED) is 0.728. The normalized spacial score (nSPS) is 13.2. The van der Waals surface area contributed by atoms with E-state index in [2.05, 4.69) is 10.6 Å². The number of para-hydroxylation sites is 1. The number of rotatable bonds is 7. The Bertz CT molecular complexity index is 616. The van der Waals surface area contributed by atoms with E-state index < -0.39 is 6.10 Å². The summed E-state index contributed by atoms with van der Waals surface area (Å²) >= 11 is 1.52. The number of carbonyl (C=O) groups excluding carboxylic acids is 1. The summed E-state index contributed by atoms with van der Waals surface area (Å²) in [5.41, 5.74) is 1.75. The zero-order valence-corrected chi connectivity index (χ0v) is 14.1. The van der Waals surface area contributed by atoms with Crippen molar-refractivity contribution < 1.29 is 14.6 Å². The van der Waals surface area contributed by atoms with E-state index in [1.807, 2.05) is 48.0 Å². The first kappa shape index (κ1) is 17.3. The van der Waals surface area contributed by atoms with Crippen LogP contribution in [0.3, 0.4) is 0 Å². The summed E-state index contributed by atoms with van der Waals surface area (Å²) in [5, 5.41) is 19.4. The molecule has 6 heteroatoms. The van der Waals surface area contributed by atoms with Crippen LogP contribution in [0.4, 0.5) is 4.79 Å². The Balaban J connectivity index is 1.92. The zero-order chi connectivity index (χ0) is 16.7. The molecule has 0 aliphatic heterocycles. The van der Waals surface area contributed by atoms with E-state index >= 15 is 0 Å². The minimum absolute atomic E-state index is 0.149. The van der Waals surface area contributed by atoms with E-state index in [9.17, 15) is 9.90 Å². The summed E-state index contributed by atoms with van der Waals surface area (Å²) in [7, 11) is 1.61. The van der Waals surface area contributed by atoms with Gasteiger partial charge in [0.15, 0.2) is 0 Å². The number of nitrogens with one attached hydrogen (secondary N) is 2. The van der Waals surface area contributed by atoms with Gasteiger partial charge in [0.05, 0.1) is 19.3 Å². The van der Waals surface area contributed by atoms with Gasteiger partial charge >= 0.3 is 6.03 Å². The van der Waals surface area contributed by atoms with Gasteiger partial charge in [0, 0.05) is 12.1 Å². The highest BCUT2D eigenvalue weighted by Crippen LogP contribution is 2.26. The third-order valence-electron chi connectivity index (χ3n) is 3.61. The maximum atomic E-state index is 12.1. The Kier molecular flexibility index (Phi) is 6.43. The van der Waals surface area contributed by atoms with Crippen molar-refractivity contribution in [1.29, 1.82) is 0 Å². The van der Waals surface area contributed by atoms with Crippen LogP contribution in [0.2, 0.25) is 0 Å². The third kappa shape index (κ3) is 4.71. The van der Waals surface area contributed by atoms with Gasteiger partial charge in [-0.25, -0.2) is 4.79 Å². The summed E-state index contributed by atoms with van der Waals surface area (Å²) in [4.78, 5) is 12.1. The van der Waals surface area contributed by atoms with Gasteiger partial charge < -0.3 is 20.5 Å². The Labute approximate surface area is 140 Å². The lowest BCUT2D eigenvalue weighted by Crippen LogP contribution is -2.39. The maximum absolute atomic E-state index is 12.1. The molecule has 0 saturated heterocycles. The minimum atomic E-state index is -0.696. The number of aliphatic hydroxyl groups is 1. The second-order valence-electron chi connectivity index (χ2n) is 5.13. The van der Waals surface area contributed by atoms with Crippen molar-refractivity contribution in [3.05, 3.63) is 52.2 Å². The predicted octanol–water partition coefficient (Wildman–Crippen LogP) is 3.24. The van der Waals surface area contributed by atoms with Crippen molar-refractivity contribution in [2.45, 2.75) is 25.5 Å². The molecule has 23 heavy (non-hydrogen) atoms. The first-order chi connectivity index (χ1) is 11.2. The number of hydrogen-bond donors (Lipinski definition) is 3. The van der Waals surface area contributed by atoms with Crippen LogP contribution >= 0.6 is 11.3 Å². The molecular weight excluding hydrogens is 312 g/mol. The standard InChI is InChI=1S/C17H22N2O3S/c1-3-14(13-6-4-5-7-16(13)22-2)19-17(21)18-10-15(20)12-8-9-23-11-12/h4-9,11,14-15,20H,3,10H2,1-2H3,(H2,18,19,21)/t14-,15-/m1/s1.